The Kier molecular flexibility index (Phi) is 6.35. The Balaban J connectivity index is 2.08. The Labute approximate surface area is 173 Å². The highest BCUT2D eigenvalue weighted by Crippen LogP contribution is 2.22. The maximum absolute atomic E-state index is 12.9. The molecule has 29 heavy (non-hydrogen) atoms. The summed E-state index contributed by atoms with van der Waals surface area (Å²) in [5.41, 5.74) is 1.21. The fourth-order valence-electron chi connectivity index (χ4n) is 3.43. The molecule has 0 spiro atoms. The minimum absolute atomic E-state index is 0.326. The van der Waals surface area contributed by atoms with Crippen LogP contribution < -0.4 is 4.80 Å². The molecule has 10 heteroatoms. The van der Waals surface area contributed by atoms with E-state index < -0.39 is 27.9 Å². The van der Waals surface area contributed by atoms with Gasteiger partial charge in [-0.25, -0.2) is 13.2 Å². The molecule has 2 aromatic rings. The topological polar surface area (TPSA) is 98.0 Å². The summed E-state index contributed by atoms with van der Waals surface area (Å²) in [6.45, 7) is 4.50. The van der Waals surface area contributed by atoms with Crippen molar-refractivity contribution in [2.45, 2.75) is 31.8 Å². The second-order valence-corrected chi connectivity index (χ2v) is 9.74. The van der Waals surface area contributed by atoms with Crippen molar-refractivity contribution >= 4 is 43.5 Å². The van der Waals surface area contributed by atoms with Gasteiger partial charge in [0.2, 0.25) is 10.0 Å². The number of aromatic nitrogens is 1. The number of allylic oxidation sites excluding steroid dienone is 1. The van der Waals surface area contributed by atoms with Crippen LogP contribution >= 0.6 is 11.3 Å². The van der Waals surface area contributed by atoms with Gasteiger partial charge >= 0.3 is 5.97 Å². The van der Waals surface area contributed by atoms with Crippen LogP contribution in [0.25, 0.3) is 10.2 Å². The van der Waals surface area contributed by atoms with E-state index in [-0.39, 0.29) is 0 Å². The highest BCUT2D eigenvalue weighted by atomic mass is 32.2. The number of nitrogens with zero attached hydrogens (tertiary/aromatic N) is 3. The summed E-state index contributed by atoms with van der Waals surface area (Å²) in [6, 6.07) is 4.33. The molecule has 156 valence electrons. The van der Waals surface area contributed by atoms with Crippen molar-refractivity contribution in [3.05, 3.63) is 41.2 Å². The highest BCUT2D eigenvalue weighted by molar-refractivity contribution is 7.88. The number of piperidine rings is 1. The molecule has 0 bridgehead atoms. The van der Waals surface area contributed by atoms with E-state index >= 15 is 0 Å². The molecular weight excluding hydrogens is 414 g/mol. The molecule has 0 saturated carbocycles. The lowest BCUT2D eigenvalue weighted by Crippen LogP contribution is -2.47. The van der Waals surface area contributed by atoms with Gasteiger partial charge in [0.25, 0.3) is 5.91 Å². The lowest BCUT2D eigenvalue weighted by atomic mass is 10.0. The van der Waals surface area contributed by atoms with Gasteiger partial charge in [0, 0.05) is 13.1 Å². The van der Waals surface area contributed by atoms with Gasteiger partial charge in [-0.1, -0.05) is 23.8 Å². The van der Waals surface area contributed by atoms with E-state index in [1.165, 1.54) is 22.8 Å². The van der Waals surface area contributed by atoms with Crippen molar-refractivity contribution in [1.29, 1.82) is 0 Å². The van der Waals surface area contributed by atoms with E-state index in [1.807, 2.05) is 4.57 Å². The number of hydrogen-bond donors (Lipinski definition) is 0. The van der Waals surface area contributed by atoms with Gasteiger partial charge in [0.1, 0.15) is 6.04 Å². The summed E-state index contributed by atoms with van der Waals surface area (Å²) in [7, 11) is -2.18. The first-order chi connectivity index (χ1) is 13.8. The van der Waals surface area contributed by atoms with Gasteiger partial charge in [0.05, 0.1) is 29.1 Å². The normalized spacial score (nSPS) is 18.7. The lowest BCUT2D eigenvalue weighted by Gasteiger charge is -2.31. The van der Waals surface area contributed by atoms with E-state index in [0.717, 1.165) is 29.3 Å². The first-order valence-electron chi connectivity index (χ1n) is 9.14. The number of carbonyl (C=O) groups excluding carboxylic acids is 2. The van der Waals surface area contributed by atoms with Crippen molar-refractivity contribution in [3.63, 3.8) is 0 Å². The summed E-state index contributed by atoms with van der Waals surface area (Å²) < 4.78 is 32.7. The number of sulfonamides is 1. The van der Waals surface area contributed by atoms with Gasteiger partial charge < -0.3 is 9.30 Å². The van der Waals surface area contributed by atoms with E-state index in [0.29, 0.717) is 29.9 Å². The number of carbonyl (C=O) groups is 2. The zero-order valence-corrected chi connectivity index (χ0v) is 18.0. The number of benzene rings is 1. The fourth-order valence-corrected chi connectivity index (χ4v) is 5.63. The third kappa shape index (κ3) is 4.49. The summed E-state index contributed by atoms with van der Waals surface area (Å²) in [4.78, 5) is 29.4. The van der Waals surface area contributed by atoms with Crippen molar-refractivity contribution in [2.75, 3.05) is 19.9 Å². The Morgan fingerprint density at radius 3 is 2.79 bits per heavy atom. The lowest BCUT2D eigenvalue weighted by molar-refractivity contribution is -0.122. The van der Waals surface area contributed by atoms with E-state index in [9.17, 15) is 18.0 Å². The third-order valence-electron chi connectivity index (χ3n) is 4.79. The number of hydrogen-bond acceptors (Lipinski definition) is 6. The van der Waals surface area contributed by atoms with Crippen LogP contribution in [0.1, 0.15) is 29.6 Å². The van der Waals surface area contributed by atoms with Crippen LogP contribution in [0.4, 0.5) is 0 Å². The quantitative estimate of drug-likeness (QED) is 0.526. The highest BCUT2D eigenvalue weighted by Gasteiger charge is 2.34. The van der Waals surface area contributed by atoms with Crippen molar-refractivity contribution in [2.24, 2.45) is 4.99 Å². The Morgan fingerprint density at radius 2 is 2.14 bits per heavy atom. The van der Waals surface area contributed by atoms with E-state index in [4.69, 9.17) is 4.74 Å². The van der Waals surface area contributed by atoms with Crippen LogP contribution in [0.2, 0.25) is 0 Å². The molecule has 0 N–H and O–H groups in total. The molecule has 1 aromatic heterocycles. The van der Waals surface area contributed by atoms with Crippen molar-refractivity contribution in [1.82, 2.24) is 8.87 Å². The van der Waals surface area contributed by atoms with E-state index in [1.54, 1.807) is 24.3 Å². The second-order valence-electron chi connectivity index (χ2n) is 6.79. The monoisotopic (exact) mass is 437 g/mol. The molecule has 8 nitrogen and oxygen atoms in total. The average molecular weight is 438 g/mol. The zero-order chi connectivity index (χ0) is 21.2. The summed E-state index contributed by atoms with van der Waals surface area (Å²) >= 11 is 1.26. The molecule has 1 fully saturated rings. The van der Waals surface area contributed by atoms with Crippen LogP contribution in [0.5, 0.6) is 0 Å². The van der Waals surface area contributed by atoms with Crippen LogP contribution in [0.15, 0.2) is 35.8 Å². The molecule has 3 rings (SSSR count). The number of amides is 1. The van der Waals surface area contributed by atoms with Crippen LogP contribution in [-0.4, -0.2) is 55.1 Å². The SMILES string of the molecule is C=CCn1c(=NC(=O)C2CCCCN2S(C)(=O)=O)sc2cc(C(=O)OC)ccc21. The molecule has 1 atom stereocenters. The molecule has 2 heterocycles. The zero-order valence-electron chi connectivity index (χ0n) is 16.3. The molecule has 1 amide bonds. The van der Waals surface area contributed by atoms with Crippen molar-refractivity contribution < 1.29 is 22.7 Å². The second kappa shape index (κ2) is 8.60. The molecule has 0 radical (unpaired) electrons. The van der Waals surface area contributed by atoms with E-state index in [2.05, 4.69) is 11.6 Å². The largest absolute Gasteiger partial charge is 0.465 e. The minimum atomic E-state index is -3.49. The summed E-state index contributed by atoms with van der Waals surface area (Å²) in [5, 5.41) is 0. The summed E-state index contributed by atoms with van der Waals surface area (Å²) in [6.07, 6.45) is 4.76. The van der Waals surface area contributed by atoms with Crippen molar-refractivity contribution in [3.8, 4) is 0 Å². The first kappa shape index (κ1) is 21.4. The van der Waals surface area contributed by atoms with Crippen LogP contribution in [0, 0.1) is 0 Å². The van der Waals surface area contributed by atoms with Crippen LogP contribution in [0.3, 0.4) is 0 Å². The van der Waals surface area contributed by atoms with Gasteiger partial charge in [-0.3, -0.25) is 4.79 Å². The maximum atomic E-state index is 12.9. The van der Waals surface area contributed by atoms with Gasteiger partial charge in [0.15, 0.2) is 4.80 Å². The Bertz CT molecular complexity index is 1130. The maximum Gasteiger partial charge on any atom is 0.337 e. The predicted molar refractivity (Wildman–Crippen MR) is 111 cm³/mol. The fraction of sp³-hybridized carbons (Fsp3) is 0.421. The van der Waals surface area contributed by atoms with Gasteiger partial charge in [-0.15, -0.1) is 6.58 Å². The summed E-state index contributed by atoms with van der Waals surface area (Å²) in [5.74, 6) is -0.927. The number of thiazole rings is 1. The average Bonchev–Trinajstić information content (AvgIpc) is 3.03. The number of esters is 1. The number of fused-ring (bicyclic) bond motifs is 1. The predicted octanol–water partition coefficient (Wildman–Crippen LogP) is 1.92. The standard InChI is InChI=1S/C19H23N3O5S2/c1-4-10-21-14-9-8-13(18(24)27-2)12-16(14)28-19(21)20-17(23)15-7-5-6-11-22(15)29(3,25)26/h4,8-9,12,15H,1,5-7,10-11H2,2-3H3. The smallest absolute Gasteiger partial charge is 0.337 e. The first-order valence-corrected chi connectivity index (χ1v) is 11.8. The molecule has 1 aliphatic heterocycles. The molecule has 1 saturated heterocycles. The number of rotatable bonds is 5. The molecule has 1 aliphatic rings. The molecule has 0 aliphatic carbocycles. The van der Waals surface area contributed by atoms with Gasteiger partial charge in [-0.2, -0.15) is 9.30 Å². The molecule has 1 unspecified atom stereocenters. The molecular formula is C19H23N3O5S2. The molecule has 1 aromatic carbocycles. The number of methoxy groups -OCH3 is 1. The number of ether oxygens (including phenoxy) is 1. The minimum Gasteiger partial charge on any atom is -0.465 e. The van der Waals surface area contributed by atoms with Gasteiger partial charge in [-0.05, 0) is 31.0 Å². The Morgan fingerprint density at radius 1 is 1.38 bits per heavy atom. The van der Waals surface area contributed by atoms with Crippen LogP contribution in [-0.2, 0) is 26.1 Å². The Hall–Kier alpha value is -2.30. The third-order valence-corrected chi connectivity index (χ3v) is 7.12.